The van der Waals surface area contributed by atoms with Gasteiger partial charge < -0.3 is 15.0 Å². The quantitative estimate of drug-likeness (QED) is 0.787. The Kier molecular flexibility index (Phi) is 2.68. The van der Waals surface area contributed by atoms with Gasteiger partial charge in [-0.1, -0.05) is 0 Å². The summed E-state index contributed by atoms with van der Waals surface area (Å²) in [7, 11) is 1.69. The molecule has 0 aliphatic heterocycles. The van der Waals surface area contributed by atoms with Crippen molar-refractivity contribution in [3.8, 4) is 0 Å². The second-order valence-electron chi connectivity index (χ2n) is 4.18. The Labute approximate surface area is 93.1 Å². The minimum atomic E-state index is -0.869. The van der Waals surface area contributed by atoms with Crippen molar-refractivity contribution >= 4 is 11.9 Å². The number of carbonyl (C=O) groups is 2. The Morgan fingerprint density at radius 1 is 1.56 bits per heavy atom. The second kappa shape index (κ2) is 4.00. The molecule has 2 atom stereocenters. The molecule has 1 heterocycles. The number of nitrogens with one attached hydrogen (secondary N) is 1. The van der Waals surface area contributed by atoms with E-state index in [1.807, 2.05) is 12.1 Å². The molecule has 2 rings (SSSR count). The maximum Gasteiger partial charge on any atom is 0.307 e. The molecule has 1 aliphatic carbocycles. The first kappa shape index (κ1) is 10.7. The summed E-state index contributed by atoms with van der Waals surface area (Å²) in [4.78, 5) is 27.0. The van der Waals surface area contributed by atoms with Crippen molar-refractivity contribution in [1.82, 2.24) is 9.88 Å². The van der Waals surface area contributed by atoms with Crippen molar-refractivity contribution in [3.63, 3.8) is 0 Å². The minimum Gasteiger partial charge on any atom is -0.481 e. The van der Waals surface area contributed by atoms with Crippen LogP contribution in [0.4, 0.5) is 0 Å². The van der Waals surface area contributed by atoms with Gasteiger partial charge in [-0.25, -0.2) is 0 Å². The van der Waals surface area contributed by atoms with Crippen LogP contribution in [-0.2, 0) is 16.1 Å². The summed E-state index contributed by atoms with van der Waals surface area (Å²) < 4.78 is 0. The van der Waals surface area contributed by atoms with Gasteiger partial charge in [0.15, 0.2) is 0 Å². The molecule has 2 N–H and O–H groups in total. The van der Waals surface area contributed by atoms with Gasteiger partial charge in [-0.2, -0.15) is 0 Å². The Morgan fingerprint density at radius 2 is 2.31 bits per heavy atom. The van der Waals surface area contributed by atoms with Crippen molar-refractivity contribution in [1.29, 1.82) is 0 Å². The number of hydrogen-bond acceptors (Lipinski definition) is 2. The summed E-state index contributed by atoms with van der Waals surface area (Å²) in [6.07, 6.45) is 2.27. The number of aliphatic carboxylic acids is 1. The molecule has 2 unspecified atom stereocenters. The Balaban J connectivity index is 1.89. The summed E-state index contributed by atoms with van der Waals surface area (Å²) in [5, 5.41) is 8.73. The van der Waals surface area contributed by atoms with Gasteiger partial charge in [0, 0.05) is 18.9 Å². The fraction of sp³-hybridized carbons (Fsp3) is 0.455. The zero-order valence-electron chi connectivity index (χ0n) is 9.01. The number of carboxylic acids is 1. The van der Waals surface area contributed by atoms with Gasteiger partial charge in [0.25, 0.3) is 0 Å². The predicted octanol–water partition coefficient (Wildman–Crippen LogP) is 0.694. The van der Waals surface area contributed by atoms with E-state index >= 15 is 0 Å². The maximum absolute atomic E-state index is 11.8. The number of hydrogen-bond donors (Lipinski definition) is 2. The van der Waals surface area contributed by atoms with E-state index in [2.05, 4.69) is 4.98 Å². The van der Waals surface area contributed by atoms with E-state index in [1.165, 1.54) is 0 Å². The van der Waals surface area contributed by atoms with Crippen LogP contribution in [0.1, 0.15) is 12.1 Å². The molecule has 1 aromatic rings. The number of aromatic nitrogens is 1. The molecular formula is C11H14N2O3. The molecule has 5 heteroatoms. The zero-order valence-corrected chi connectivity index (χ0v) is 9.01. The van der Waals surface area contributed by atoms with E-state index in [0.29, 0.717) is 13.0 Å². The van der Waals surface area contributed by atoms with E-state index in [4.69, 9.17) is 5.11 Å². The lowest BCUT2D eigenvalue weighted by Gasteiger charge is -2.16. The van der Waals surface area contributed by atoms with E-state index in [-0.39, 0.29) is 11.8 Å². The monoisotopic (exact) mass is 222 g/mol. The summed E-state index contributed by atoms with van der Waals surface area (Å²) in [5.41, 5.74) is 0.948. The minimum absolute atomic E-state index is 0.0815. The molecule has 16 heavy (non-hydrogen) atoms. The van der Waals surface area contributed by atoms with Gasteiger partial charge in [0.2, 0.25) is 5.91 Å². The highest BCUT2D eigenvalue weighted by atomic mass is 16.4. The molecule has 0 spiro atoms. The van der Waals surface area contributed by atoms with E-state index in [1.54, 1.807) is 18.1 Å². The number of aromatic amines is 1. The van der Waals surface area contributed by atoms with Crippen LogP contribution in [0.5, 0.6) is 0 Å². The van der Waals surface area contributed by atoms with Crippen LogP contribution in [0.3, 0.4) is 0 Å². The molecule has 1 saturated carbocycles. The summed E-state index contributed by atoms with van der Waals surface area (Å²) in [6, 6.07) is 3.76. The molecule has 0 saturated heterocycles. The number of rotatable bonds is 4. The molecular weight excluding hydrogens is 208 g/mol. The van der Waals surface area contributed by atoms with Crippen LogP contribution in [-0.4, -0.2) is 33.9 Å². The highest BCUT2D eigenvalue weighted by molar-refractivity contribution is 5.89. The third kappa shape index (κ3) is 2.08. The summed E-state index contributed by atoms with van der Waals surface area (Å²) in [5.74, 6) is -1.75. The van der Waals surface area contributed by atoms with Crippen molar-refractivity contribution in [3.05, 3.63) is 24.0 Å². The number of nitrogens with zero attached hydrogens (tertiary/aromatic N) is 1. The Morgan fingerprint density at radius 3 is 2.81 bits per heavy atom. The normalized spacial score (nSPS) is 22.8. The molecule has 86 valence electrons. The third-order valence-electron chi connectivity index (χ3n) is 2.87. The number of carbonyl (C=O) groups excluding carboxylic acids is 1. The predicted molar refractivity (Wildman–Crippen MR) is 56.5 cm³/mol. The van der Waals surface area contributed by atoms with Crippen molar-refractivity contribution in [2.45, 2.75) is 13.0 Å². The molecule has 1 fully saturated rings. The smallest absolute Gasteiger partial charge is 0.307 e. The fourth-order valence-corrected chi connectivity index (χ4v) is 1.82. The van der Waals surface area contributed by atoms with E-state index < -0.39 is 11.9 Å². The van der Waals surface area contributed by atoms with Crippen LogP contribution in [0.15, 0.2) is 18.3 Å². The molecule has 5 nitrogen and oxygen atoms in total. The second-order valence-corrected chi connectivity index (χ2v) is 4.18. The van der Waals surface area contributed by atoms with Gasteiger partial charge in [-0.3, -0.25) is 9.59 Å². The average molecular weight is 222 g/mol. The van der Waals surface area contributed by atoms with Crippen LogP contribution >= 0.6 is 0 Å². The van der Waals surface area contributed by atoms with Gasteiger partial charge in [0.1, 0.15) is 0 Å². The zero-order chi connectivity index (χ0) is 11.7. The van der Waals surface area contributed by atoms with Crippen molar-refractivity contribution < 1.29 is 14.7 Å². The summed E-state index contributed by atoms with van der Waals surface area (Å²) in [6.45, 7) is 0.495. The van der Waals surface area contributed by atoms with Gasteiger partial charge >= 0.3 is 5.97 Å². The van der Waals surface area contributed by atoms with Crippen molar-refractivity contribution in [2.24, 2.45) is 11.8 Å². The number of H-pyrrole nitrogens is 1. The topological polar surface area (TPSA) is 73.4 Å². The van der Waals surface area contributed by atoms with E-state index in [9.17, 15) is 9.59 Å². The maximum atomic E-state index is 11.8. The molecule has 1 aliphatic rings. The van der Waals surface area contributed by atoms with Crippen molar-refractivity contribution in [2.75, 3.05) is 7.05 Å². The van der Waals surface area contributed by atoms with Gasteiger partial charge in [0.05, 0.1) is 18.4 Å². The first-order chi connectivity index (χ1) is 7.59. The first-order valence-corrected chi connectivity index (χ1v) is 5.19. The lowest BCUT2D eigenvalue weighted by molar-refractivity contribution is -0.141. The standard InChI is InChI=1S/C11H14N2O3/c1-13(6-7-3-2-4-12-7)10(14)8-5-9(8)11(15)16/h2-4,8-9,12H,5-6H2,1H3,(H,15,16). The lowest BCUT2D eigenvalue weighted by atomic mass is 10.2. The largest absolute Gasteiger partial charge is 0.481 e. The summed E-state index contributed by atoms with van der Waals surface area (Å²) >= 11 is 0. The number of amides is 1. The highest BCUT2D eigenvalue weighted by Gasteiger charge is 2.49. The average Bonchev–Trinajstić information content (AvgIpc) is 2.89. The molecule has 1 amide bonds. The van der Waals surface area contributed by atoms with E-state index in [0.717, 1.165) is 5.69 Å². The van der Waals surface area contributed by atoms with Crippen LogP contribution in [0.25, 0.3) is 0 Å². The lowest BCUT2D eigenvalue weighted by Crippen LogP contribution is -2.28. The molecule has 0 radical (unpaired) electrons. The van der Waals surface area contributed by atoms with Gasteiger partial charge in [-0.05, 0) is 18.6 Å². The van der Waals surface area contributed by atoms with Gasteiger partial charge in [-0.15, -0.1) is 0 Å². The Hall–Kier alpha value is -1.78. The Bertz CT molecular complexity index is 399. The fourth-order valence-electron chi connectivity index (χ4n) is 1.82. The SMILES string of the molecule is CN(Cc1ccc[nH]1)C(=O)C1CC1C(=O)O. The number of carboxylic acid groups (broad SMARTS) is 1. The van der Waals surface area contributed by atoms with Crippen LogP contribution in [0.2, 0.25) is 0 Å². The molecule has 0 aromatic carbocycles. The molecule has 0 bridgehead atoms. The van der Waals surface area contributed by atoms with Crippen LogP contribution in [0, 0.1) is 11.8 Å². The third-order valence-corrected chi connectivity index (χ3v) is 2.87. The van der Waals surface area contributed by atoms with Crippen LogP contribution < -0.4 is 0 Å². The highest BCUT2D eigenvalue weighted by Crippen LogP contribution is 2.39. The molecule has 1 aromatic heterocycles. The first-order valence-electron chi connectivity index (χ1n) is 5.19.